The zero-order valence-corrected chi connectivity index (χ0v) is 21.2. The van der Waals surface area contributed by atoms with E-state index in [0.717, 1.165) is 22.2 Å². The number of amides is 2. The maximum atomic E-state index is 14.1. The zero-order valence-electron chi connectivity index (χ0n) is 19.6. The summed E-state index contributed by atoms with van der Waals surface area (Å²) >= 11 is 6.95. The molecular weight excluding hydrogens is 505 g/mol. The molecule has 2 amide bonds. The first-order chi connectivity index (χ1) is 17.4. The second-order valence-electron chi connectivity index (χ2n) is 7.90. The molecule has 1 heterocycles. The van der Waals surface area contributed by atoms with Gasteiger partial charge < -0.3 is 14.2 Å². The van der Waals surface area contributed by atoms with Gasteiger partial charge in [0, 0.05) is 5.56 Å². The number of hydrogen-bond donors (Lipinski definition) is 0. The van der Waals surface area contributed by atoms with E-state index in [1.165, 1.54) is 19.2 Å². The molecule has 1 fully saturated rings. The van der Waals surface area contributed by atoms with Crippen LogP contribution in [0.4, 0.5) is 9.18 Å². The number of benzene rings is 3. The lowest BCUT2D eigenvalue weighted by molar-refractivity contribution is -0.123. The third kappa shape index (κ3) is 6.01. The predicted molar refractivity (Wildman–Crippen MR) is 138 cm³/mol. The van der Waals surface area contributed by atoms with Gasteiger partial charge in [0.25, 0.3) is 11.1 Å². The van der Waals surface area contributed by atoms with E-state index in [2.05, 4.69) is 0 Å². The fourth-order valence-electron chi connectivity index (χ4n) is 3.52. The van der Waals surface area contributed by atoms with Crippen LogP contribution >= 0.6 is 23.4 Å². The van der Waals surface area contributed by atoms with Crippen LogP contribution in [-0.4, -0.2) is 36.3 Å². The number of ether oxygens (including phenoxy) is 3. The van der Waals surface area contributed by atoms with Crippen molar-refractivity contribution in [1.82, 2.24) is 4.90 Å². The molecule has 0 radical (unpaired) electrons. The molecule has 186 valence electrons. The van der Waals surface area contributed by atoms with E-state index >= 15 is 0 Å². The van der Waals surface area contributed by atoms with E-state index in [4.69, 9.17) is 25.8 Å². The van der Waals surface area contributed by atoms with Crippen LogP contribution < -0.4 is 14.2 Å². The van der Waals surface area contributed by atoms with Gasteiger partial charge in [0.05, 0.1) is 23.6 Å². The summed E-state index contributed by atoms with van der Waals surface area (Å²) in [6.07, 6.45) is 1.61. The third-order valence-electron chi connectivity index (χ3n) is 5.37. The summed E-state index contributed by atoms with van der Waals surface area (Å²) in [6, 6.07) is 17.0. The molecule has 0 aliphatic carbocycles. The highest BCUT2D eigenvalue weighted by Crippen LogP contribution is 2.35. The zero-order chi connectivity index (χ0) is 25.7. The van der Waals surface area contributed by atoms with E-state index in [9.17, 15) is 14.0 Å². The van der Waals surface area contributed by atoms with Gasteiger partial charge in [-0.05, 0) is 72.3 Å². The summed E-state index contributed by atoms with van der Waals surface area (Å²) in [5, 5.41) is -0.108. The van der Waals surface area contributed by atoms with Gasteiger partial charge in [0.2, 0.25) is 0 Å². The Kier molecular flexibility index (Phi) is 8.18. The Hall–Kier alpha value is -3.49. The van der Waals surface area contributed by atoms with Crippen LogP contribution in [0.1, 0.15) is 16.7 Å². The Morgan fingerprint density at radius 3 is 2.58 bits per heavy atom. The molecule has 1 aliphatic heterocycles. The number of methoxy groups -OCH3 is 1. The quantitative estimate of drug-likeness (QED) is 0.296. The lowest BCUT2D eigenvalue weighted by Crippen LogP contribution is -2.32. The van der Waals surface area contributed by atoms with E-state index in [-0.39, 0.29) is 40.5 Å². The summed E-state index contributed by atoms with van der Waals surface area (Å²) in [6.45, 7) is 2.17. The van der Waals surface area contributed by atoms with Crippen LogP contribution in [0.5, 0.6) is 17.2 Å². The molecule has 0 atom stereocenters. The van der Waals surface area contributed by atoms with Gasteiger partial charge in [0.15, 0.2) is 11.5 Å². The van der Waals surface area contributed by atoms with Gasteiger partial charge in [-0.2, -0.15) is 0 Å². The molecule has 0 bridgehead atoms. The van der Waals surface area contributed by atoms with Gasteiger partial charge in [-0.1, -0.05) is 35.9 Å². The molecule has 36 heavy (non-hydrogen) atoms. The van der Waals surface area contributed by atoms with Crippen molar-refractivity contribution in [3.05, 3.63) is 93.1 Å². The molecule has 1 saturated heterocycles. The lowest BCUT2D eigenvalue weighted by Gasteiger charge is -2.14. The smallest absolute Gasteiger partial charge is 0.293 e. The van der Waals surface area contributed by atoms with Crippen molar-refractivity contribution < 1.29 is 28.2 Å². The van der Waals surface area contributed by atoms with E-state index in [0.29, 0.717) is 22.8 Å². The predicted octanol–water partition coefficient (Wildman–Crippen LogP) is 6.49. The highest BCUT2D eigenvalue weighted by atomic mass is 35.5. The van der Waals surface area contributed by atoms with Crippen LogP contribution in [-0.2, 0) is 11.4 Å². The Balaban J connectivity index is 1.45. The van der Waals surface area contributed by atoms with Gasteiger partial charge >= 0.3 is 0 Å². The van der Waals surface area contributed by atoms with Gasteiger partial charge in [-0.15, -0.1) is 0 Å². The standard InChI is InChI=1S/C27H23ClFNO5S/c1-17-5-3-6-19(13-17)34-12-11-30-26(31)25(36-27(30)32)15-18-9-10-23(33-2)24(14-18)35-16-20-21(28)7-4-8-22(20)29/h3-10,13-15H,11-12,16H2,1-2H3/b25-15-. The normalized spacial score (nSPS) is 14.4. The minimum absolute atomic E-state index is 0.108. The first-order valence-electron chi connectivity index (χ1n) is 11.0. The Bertz CT molecular complexity index is 1310. The number of carbonyl (C=O) groups is 2. The first-order valence-corrected chi connectivity index (χ1v) is 12.2. The summed E-state index contributed by atoms with van der Waals surface area (Å²) in [5.74, 6) is 0.587. The van der Waals surface area contributed by atoms with Gasteiger partial charge in [0.1, 0.15) is 24.8 Å². The van der Waals surface area contributed by atoms with Crippen LogP contribution in [0.3, 0.4) is 0 Å². The highest BCUT2D eigenvalue weighted by molar-refractivity contribution is 8.18. The lowest BCUT2D eigenvalue weighted by atomic mass is 10.1. The molecule has 0 saturated carbocycles. The summed E-state index contributed by atoms with van der Waals surface area (Å²) in [4.78, 5) is 26.8. The molecule has 1 aliphatic rings. The number of halogens is 2. The number of thioether (sulfide) groups is 1. The number of aryl methyl sites for hydroxylation is 1. The maximum absolute atomic E-state index is 14.1. The highest BCUT2D eigenvalue weighted by Gasteiger charge is 2.34. The minimum Gasteiger partial charge on any atom is -0.493 e. The van der Waals surface area contributed by atoms with Crippen molar-refractivity contribution in [2.75, 3.05) is 20.3 Å². The average molecular weight is 528 g/mol. The van der Waals surface area contributed by atoms with E-state index in [1.54, 1.807) is 30.3 Å². The van der Waals surface area contributed by atoms with Crippen LogP contribution in [0, 0.1) is 12.7 Å². The fourth-order valence-corrected chi connectivity index (χ4v) is 4.60. The van der Waals surface area contributed by atoms with Gasteiger partial charge in [-0.25, -0.2) is 4.39 Å². The van der Waals surface area contributed by atoms with Crippen molar-refractivity contribution in [2.24, 2.45) is 0 Å². The van der Waals surface area contributed by atoms with Crippen molar-refractivity contribution in [3.8, 4) is 17.2 Å². The molecule has 0 aromatic heterocycles. The molecule has 6 nitrogen and oxygen atoms in total. The summed E-state index contributed by atoms with van der Waals surface area (Å²) in [5.41, 5.74) is 1.90. The number of nitrogens with zero attached hydrogens (tertiary/aromatic N) is 1. The fraction of sp³-hybridized carbons (Fsp3) is 0.185. The van der Waals surface area contributed by atoms with E-state index < -0.39 is 11.7 Å². The SMILES string of the molecule is COc1ccc(/C=C2\SC(=O)N(CCOc3cccc(C)c3)C2=O)cc1OCc1c(F)cccc1Cl. The molecule has 4 rings (SSSR count). The van der Waals surface area contributed by atoms with Crippen molar-refractivity contribution in [3.63, 3.8) is 0 Å². The third-order valence-corrected chi connectivity index (χ3v) is 6.63. The second kappa shape index (κ2) is 11.5. The number of hydrogen-bond acceptors (Lipinski definition) is 6. The largest absolute Gasteiger partial charge is 0.493 e. The van der Waals surface area contributed by atoms with Crippen molar-refractivity contribution in [2.45, 2.75) is 13.5 Å². The number of carbonyl (C=O) groups excluding carboxylic acids is 2. The van der Waals surface area contributed by atoms with E-state index in [1.807, 2.05) is 31.2 Å². The summed E-state index contributed by atoms with van der Waals surface area (Å²) in [7, 11) is 1.49. The number of rotatable bonds is 9. The molecule has 3 aromatic rings. The van der Waals surface area contributed by atoms with Crippen LogP contribution in [0.2, 0.25) is 5.02 Å². The summed E-state index contributed by atoms with van der Waals surface area (Å²) < 4.78 is 30.9. The Morgan fingerprint density at radius 2 is 1.83 bits per heavy atom. The van der Waals surface area contributed by atoms with Gasteiger partial charge in [-0.3, -0.25) is 14.5 Å². The van der Waals surface area contributed by atoms with Crippen molar-refractivity contribution in [1.29, 1.82) is 0 Å². The first kappa shape index (κ1) is 25.6. The topological polar surface area (TPSA) is 65.1 Å². The molecule has 9 heteroatoms. The maximum Gasteiger partial charge on any atom is 0.293 e. The van der Waals surface area contributed by atoms with Crippen LogP contribution in [0.15, 0.2) is 65.6 Å². The Labute approximate surface area is 217 Å². The van der Waals surface area contributed by atoms with Crippen molar-refractivity contribution >= 4 is 40.6 Å². The number of imide groups is 1. The monoisotopic (exact) mass is 527 g/mol. The average Bonchev–Trinajstić information content (AvgIpc) is 3.11. The molecular formula is C27H23ClFNO5S. The molecule has 0 N–H and O–H groups in total. The Morgan fingerprint density at radius 1 is 1.03 bits per heavy atom. The minimum atomic E-state index is -0.474. The molecule has 0 spiro atoms. The van der Waals surface area contributed by atoms with Crippen LogP contribution in [0.25, 0.3) is 6.08 Å². The molecule has 3 aromatic carbocycles. The molecule has 0 unspecified atom stereocenters. The second-order valence-corrected chi connectivity index (χ2v) is 9.30.